The van der Waals surface area contributed by atoms with E-state index in [0.717, 1.165) is 45.1 Å². The molecule has 4 nitrogen and oxygen atoms in total. The van der Waals surface area contributed by atoms with Crippen molar-refractivity contribution in [2.24, 2.45) is 16.8 Å². The molecule has 0 aliphatic carbocycles. The summed E-state index contributed by atoms with van der Waals surface area (Å²) in [6, 6.07) is 0. The lowest BCUT2D eigenvalue weighted by Crippen LogP contribution is -2.34. The van der Waals surface area contributed by atoms with Crippen LogP contribution < -0.4 is 5.32 Å². The lowest BCUT2D eigenvalue weighted by Gasteiger charge is -2.17. The van der Waals surface area contributed by atoms with Gasteiger partial charge >= 0.3 is 0 Å². The fourth-order valence-electron chi connectivity index (χ4n) is 2.35. The number of carbonyl (C=O) groups is 1. The Hall–Kier alpha value is -1.67. The maximum absolute atomic E-state index is 12.1. The summed E-state index contributed by atoms with van der Waals surface area (Å²) in [7, 11) is 0. The van der Waals surface area contributed by atoms with Crippen molar-refractivity contribution in [1.82, 2.24) is 10.3 Å². The highest BCUT2D eigenvalue weighted by Gasteiger charge is 2.13. The van der Waals surface area contributed by atoms with Crippen LogP contribution in [0.2, 0.25) is 0 Å². The summed E-state index contributed by atoms with van der Waals surface area (Å²) in [5.41, 5.74) is 1.73. The second kappa shape index (κ2) is 11.8. The summed E-state index contributed by atoms with van der Waals surface area (Å²) in [5, 5.41) is 4.91. The molecule has 1 rings (SSSR count). The molecular weight excluding hydrogens is 306 g/mol. The molecule has 5 heteroatoms. The van der Waals surface area contributed by atoms with Gasteiger partial charge in [-0.2, -0.15) is 0 Å². The monoisotopic (exact) mass is 333 g/mol. The van der Waals surface area contributed by atoms with Gasteiger partial charge in [-0.05, 0) is 32.1 Å². The maximum Gasteiger partial charge on any atom is 0.228 e. The Kier molecular flexibility index (Phi) is 9.97. The number of aromatic nitrogens is 1. The molecule has 1 heterocycles. The van der Waals surface area contributed by atoms with Crippen LogP contribution in [0.4, 0.5) is 5.82 Å². The molecule has 1 aromatic rings. The van der Waals surface area contributed by atoms with Gasteiger partial charge in [0.25, 0.3) is 0 Å². The summed E-state index contributed by atoms with van der Waals surface area (Å²) < 4.78 is 0. The highest BCUT2D eigenvalue weighted by Crippen LogP contribution is 2.15. The number of amides is 1. The normalized spacial score (nSPS) is 13.6. The molecule has 1 aromatic heterocycles. The van der Waals surface area contributed by atoms with Gasteiger partial charge in [0.15, 0.2) is 5.82 Å². The summed E-state index contributed by atoms with van der Waals surface area (Å²) >= 11 is 1.49. The summed E-state index contributed by atoms with van der Waals surface area (Å²) in [4.78, 5) is 20.4. The van der Waals surface area contributed by atoms with Crippen molar-refractivity contribution in [2.75, 3.05) is 6.54 Å². The van der Waals surface area contributed by atoms with E-state index in [9.17, 15) is 4.79 Å². The molecule has 0 spiro atoms. The van der Waals surface area contributed by atoms with Gasteiger partial charge in [-0.3, -0.25) is 4.79 Å². The summed E-state index contributed by atoms with van der Waals surface area (Å²) in [6.45, 7) is 4.77. The number of hydrogen-bond acceptors (Lipinski definition) is 4. The molecular formula is C18H27N3OS. The van der Waals surface area contributed by atoms with Gasteiger partial charge in [0, 0.05) is 24.6 Å². The van der Waals surface area contributed by atoms with E-state index in [-0.39, 0.29) is 11.8 Å². The molecule has 1 amide bonds. The molecule has 1 N–H and O–H groups in total. The zero-order valence-electron chi connectivity index (χ0n) is 14.1. The van der Waals surface area contributed by atoms with E-state index in [1.54, 1.807) is 11.7 Å². The van der Waals surface area contributed by atoms with Crippen LogP contribution in [0.25, 0.3) is 0 Å². The molecule has 0 saturated heterocycles. The van der Waals surface area contributed by atoms with Crippen molar-refractivity contribution in [1.29, 1.82) is 0 Å². The fraction of sp³-hybridized carbons (Fsp3) is 0.611. The standard InChI is InChI=1S/C18H27N3OS/c1-4-6-7-8-10-16(9-5-2)12-20-18(22)15(3)11-19-17-13-23-14-21-17/h1,11,13-16H,5-10,12H2,2-3H3,(H,20,22). The molecule has 0 saturated carbocycles. The molecule has 0 aliphatic rings. The number of aliphatic imine (C=N–C) groups is 1. The lowest BCUT2D eigenvalue weighted by molar-refractivity contribution is -0.122. The smallest absolute Gasteiger partial charge is 0.228 e. The first-order chi connectivity index (χ1) is 11.2. The van der Waals surface area contributed by atoms with Gasteiger partial charge in [-0.1, -0.05) is 19.8 Å². The predicted octanol–water partition coefficient (Wildman–Crippen LogP) is 4.21. The Balaban J connectivity index is 2.33. The molecule has 0 aliphatic heterocycles. The van der Waals surface area contributed by atoms with E-state index in [4.69, 9.17) is 6.42 Å². The van der Waals surface area contributed by atoms with Gasteiger partial charge < -0.3 is 5.32 Å². The topological polar surface area (TPSA) is 54.4 Å². The van der Waals surface area contributed by atoms with Crippen molar-refractivity contribution in [3.63, 3.8) is 0 Å². The number of thiazole rings is 1. The lowest BCUT2D eigenvalue weighted by atomic mass is 9.96. The van der Waals surface area contributed by atoms with Gasteiger partial charge in [0.1, 0.15) is 0 Å². The first-order valence-corrected chi connectivity index (χ1v) is 9.25. The molecule has 2 atom stereocenters. The first kappa shape index (κ1) is 19.4. The molecule has 0 aromatic carbocycles. The van der Waals surface area contributed by atoms with E-state index in [1.165, 1.54) is 11.3 Å². The highest BCUT2D eigenvalue weighted by molar-refractivity contribution is 7.07. The minimum Gasteiger partial charge on any atom is -0.355 e. The summed E-state index contributed by atoms with van der Waals surface area (Å²) in [6.07, 6.45) is 13.4. The second-order valence-electron chi connectivity index (χ2n) is 5.76. The number of nitrogens with zero attached hydrogens (tertiary/aromatic N) is 2. The van der Waals surface area contributed by atoms with Gasteiger partial charge in [0.05, 0.1) is 11.4 Å². The van der Waals surface area contributed by atoms with Crippen LogP contribution in [0.15, 0.2) is 15.9 Å². The number of terminal acetylenes is 1. The zero-order valence-corrected chi connectivity index (χ0v) is 14.9. The predicted molar refractivity (Wildman–Crippen MR) is 98.1 cm³/mol. The van der Waals surface area contributed by atoms with Gasteiger partial charge in [-0.15, -0.1) is 23.7 Å². The van der Waals surface area contributed by atoms with Crippen LogP contribution in [0.1, 0.15) is 52.4 Å². The Morgan fingerprint density at radius 3 is 3.00 bits per heavy atom. The number of rotatable bonds is 11. The van der Waals surface area contributed by atoms with E-state index in [0.29, 0.717) is 11.7 Å². The van der Waals surface area contributed by atoms with Crippen molar-refractivity contribution < 1.29 is 4.79 Å². The average Bonchev–Trinajstić information content (AvgIpc) is 3.07. The van der Waals surface area contributed by atoms with Crippen LogP contribution in [0, 0.1) is 24.2 Å². The number of hydrogen-bond donors (Lipinski definition) is 1. The van der Waals surface area contributed by atoms with Crippen molar-refractivity contribution in [3.05, 3.63) is 10.9 Å². The van der Waals surface area contributed by atoms with Gasteiger partial charge in [-0.25, -0.2) is 9.98 Å². The maximum atomic E-state index is 12.1. The summed E-state index contributed by atoms with van der Waals surface area (Å²) in [5.74, 6) is 3.64. The van der Waals surface area contributed by atoms with E-state index in [1.807, 2.05) is 12.3 Å². The fourth-order valence-corrected chi connectivity index (χ4v) is 2.82. The SMILES string of the molecule is C#CCCCCC(CCC)CNC(=O)C(C)C=Nc1cscn1. The molecule has 2 unspecified atom stereocenters. The molecule has 126 valence electrons. The van der Waals surface area contributed by atoms with Crippen LogP contribution >= 0.6 is 11.3 Å². The highest BCUT2D eigenvalue weighted by atomic mass is 32.1. The largest absolute Gasteiger partial charge is 0.355 e. The van der Waals surface area contributed by atoms with E-state index >= 15 is 0 Å². The Morgan fingerprint density at radius 2 is 2.35 bits per heavy atom. The number of nitrogens with one attached hydrogen (secondary N) is 1. The Bertz CT molecular complexity index is 505. The minimum absolute atomic E-state index is 0.0220. The Morgan fingerprint density at radius 1 is 1.52 bits per heavy atom. The third-order valence-corrected chi connectivity index (χ3v) is 4.28. The number of unbranched alkanes of at least 4 members (excludes halogenated alkanes) is 2. The minimum atomic E-state index is -0.250. The molecule has 0 bridgehead atoms. The van der Waals surface area contributed by atoms with Crippen LogP contribution in [-0.4, -0.2) is 23.7 Å². The van der Waals surface area contributed by atoms with E-state index in [2.05, 4.69) is 28.1 Å². The van der Waals surface area contributed by atoms with Crippen LogP contribution in [0.3, 0.4) is 0 Å². The third kappa shape index (κ3) is 8.51. The Labute approximate surface area is 143 Å². The van der Waals surface area contributed by atoms with E-state index < -0.39 is 0 Å². The van der Waals surface area contributed by atoms with Crippen LogP contribution in [0.5, 0.6) is 0 Å². The second-order valence-corrected chi connectivity index (χ2v) is 6.48. The van der Waals surface area contributed by atoms with Crippen molar-refractivity contribution in [3.8, 4) is 12.3 Å². The van der Waals surface area contributed by atoms with Gasteiger partial charge in [0.2, 0.25) is 5.91 Å². The molecule has 23 heavy (non-hydrogen) atoms. The zero-order chi connectivity index (χ0) is 16.9. The van der Waals surface area contributed by atoms with Crippen LogP contribution in [-0.2, 0) is 4.79 Å². The van der Waals surface area contributed by atoms with Crippen molar-refractivity contribution in [2.45, 2.75) is 52.4 Å². The quantitative estimate of drug-likeness (QED) is 0.375. The average molecular weight is 334 g/mol. The first-order valence-electron chi connectivity index (χ1n) is 8.30. The number of carbonyl (C=O) groups excluding carboxylic acids is 1. The molecule has 0 radical (unpaired) electrons. The molecule has 0 fully saturated rings. The van der Waals surface area contributed by atoms with Crippen molar-refractivity contribution >= 4 is 29.3 Å². The third-order valence-electron chi connectivity index (χ3n) is 3.71.